The number of hydrogen-bond donors (Lipinski definition) is 2. The van der Waals surface area contributed by atoms with Gasteiger partial charge in [-0.3, -0.25) is 14.5 Å². The van der Waals surface area contributed by atoms with Gasteiger partial charge in [-0.1, -0.05) is 12.1 Å². The van der Waals surface area contributed by atoms with Gasteiger partial charge in [-0.15, -0.1) is 0 Å². The first-order chi connectivity index (χ1) is 15.5. The second kappa shape index (κ2) is 10.1. The van der Waals surface area contributed by atoms with E-state index in [4.69, 9.17) is 4.74 Å². The minimum absolute atomic E-state index is 0.0565. The first-order valence-corrected chi connectivity index (χ1v) is 11.0. The van der Waals surface area contributed by atoms with Gasteiger partial charge < -0.3 is 20.3 Å². The second-order valence-electron chi connectivity index (χ2n) is 8.25. The van der Waals surface area contributed by atoms with Crippen LogP contribution in [0.1, 0.15) is 23.6 Å². The second-order valence-corrected chi connectivity index (χ2v) is 8.25. The Morgan fingerprint density at radius 1 is 1.06 bits per heavy atom. The highest BCUT2D eigenvalue weighted by molar-refractivity contribution is 6.39. The molecule has 1 saturated heterocycles. The van der Waals surface area contributed by atoms with Crippen LogP contribution in [0.3, 0.4) is 0 Å². The first kappa shape index (κ1) is 22.2. The summed E-state index contributed by atoms with van der Waals surface area (Å²) in [7, 11) is 2.11. The molecule has 0 unspecified atom stereocenters. The van der Waals surface area contributed by atoms with Gasteiger partial charge in [0.15, 0.2) is 0 Å². The monoisotopic (exact) mass is 440 g/mol. The van der Waals surface area contributed by atoms with Crippen molar-refractivity contribution in [1.29, 1.82) is 0 Å². The number of anilines is 2. The van der Waals surface area contributed by atoms with Crippen LogP contribution in [0.5, 0.6) is 0 Å². The normalized spacial score (nSPS) is 17.4. The maximum atomic E-state index is 13.0. The molecule has 0 aliphatic carbocycles. The highest BCUT2D eigenvalue weighted by Crippen LogP contribution is 2.30. The molecule has 1 atom stereocenters. The van der Waals surface area contributed by atoms with Crippen molar-refractivity contribution in [1.82, 2.24) is 10.2 Å². The number of hydrogen-bond acceptors (Lipinski definition) is 5. The zero-order valence-corrected chi connectivity index (χ0v) is 18.3. The van der Waals surface area contributed by atoms with E-state index in [9.17, 15) is 14.0 Å². The lowest BCUT2D eigenvalue weighted by molar-refractivity contribution is -0.136. The molecule has 2 aromatic rings. The van der Waals surface area contributed by atoms with E-state index in [1.165, 1.54) is 35.5 Å². The number of nitrogens with one attached hydrogen (secondary N) is 2. The van der Waals surface area contributed by atoms with E-state index in [-0.39, 0.29) is 6.04 Å². The molecule has 8 heteroatoms. The molecule has 2 N–H and O–H groups in total. The van der Waals surface area contributed by atoms with Crippen molar-refractivity contribution < 1.29 is 18.7 Å². The van der Waals surface area contributed by atoms with E-state index in [1.807, 2.05) is 0 Å². The molecule has 1 fully saturated rings. The Balaban J connectivity index is 1.45. The number of benzene rings is 2. The number of aryl methyl sites for hydroxylation is 1. The summed E-state index contributed by atoms with van der Waals surface area (Å²) < 4.78 is 18.6. The van der Waals surface area contributed by atoms with Gasteiger partial charge in [0.1, 0.15) is 5.82 Å². The predicted octanol–water partition coefficient (Wildman–Crippen LogP) is 2.34. The number of fused-ring (bicyclic) bond motifs is 1. The zero-order chi connectivity index (χ0) is 22.5. The average molecular weight is 441 g/mol. The molecular weight excluding hydrogens is 411 g/mol. The van der Waals surface area contributed by atoms with Crippen molar-refractivity contribution in [3.8, 4) is 0 Å². The highest BCUT2D eigenvalue weighted by atomic mass is 19.1. The fourth-order valence-electron chi connectivity index (χ4n) is 4.35. The largest absolute Gasteiger partial charge is 0.379 e. The molecule has 2 amide bonds. The zero-order valence-electron chi connectivity index (χ0n) is 18.3. The number of halogens is 1. The Hall–Kier alpha value is -2.97. The number of rotatable bonds is 5. The molecule has 2 heterocycles. The van der Waals surface area contributed by atoms with Crippen LogP contribution >= 0.6 is 0 Å². The molecule has 4 rings (SSSR count). The number of carbonyl (C=O) groups is 2. The first-order valence-electron chi connectivity index (χ1n) is 11.0. The summed E-state index contributed by atoms with van der Waals surface area (Å²) in [6.45, 7) is 4.17. The summed E-state index contributed by atoms with van der Waals surface area (Å²) in [6, 6.07) is 11.7. The summed E-state index contributed by atoms with van der Waals surface area (Å²) in [5.41, 5.74) is 4.06. The minimum atomic E-state index is -0.774. The van der Waals surface area contributed by atoms with Gasteiger partial charge in [0.2, 0.25) is 0 Å². The third kappa shape index (κ3) is 5.26. The van der Waals surface area contributed by atoms with Gasteiger partial charge in [0, 0.05) is 44.6 Å². The van der Waals surface area contributed by atoms with Gasteiger partial charge in [0.25, 0.3) is 0 Å². The van der Waals surface area contributed by atoms with Crippen molar-refractivity contribution in [2.45, 2.75) is 18.9 Å². The molecule has 2 aliphatic rings. The van der Waals surface area contributed by atoms with Crippen LogP contribution in [-0.4, -0.2) is 63.2 Å². The van der Waals surface area contributed by atoms with E-state index in [0.717, 1.165) is 38.0 Å². The van der Waals surface area contributed by atoms with Crippen LogP contribution in [0.4, 0.5) is 15.8 Å². The van der Waals surface area contributed by atoms with Crippen molar-refractivity contribution in [3.63, 3.8) is 0 Å². The Morgan fingerprint density at radius 3 is 2.56 bits per heavy atom. The minimum Gasteiger partial charge on any atom is -0.379 e. The van der Waals surface area contributed by atoms with Crippen LogP contribution < -0.4 is 15.5 Å². The van der Waals surface area contributed by atoms with Crippen LogP contribution in [0.25, 0.3) is 0 Å². The fourth-order valence-corrected chi connectivity index (χ4v) is 4.35. The lowest BCUT2D eigenvalue weighted by Crippen LogP contribution is -2.45. The predicted molar refractivity (Wildman–Crippen MR) is 121 cm³/mol. The topological polar surface area (TPSA) is 73.9 Å². The Kier molecular flexibility index (Phi) is 7.02. The smallest absolute Gasteiger partial charge is 0.313 e. The van der Waals surface area contributed by atoms with Crippen LogP contribution in [0, 0.1) is 5.82 Å². The molecule has 32 heavy (non-hydrogen) atoms. The Bertz CT molecular complexity index is 960. The van der Waals surface area contributed by atoms with Gasteiger partial charge in [-0.25, -0.2) is 4.39 Å². The fraction of sp³-hybridized carbons (Fsp3) is 0.417. The average Bonchev–Trinajstić information content (AvgIpc) is 2.81. The standard InChI is InChI=1S/C24H29FN4O3/c1-28-10-2-3-17-15-18(4-9-21(17)28)22(29-11-13-32-14-12-29)16-26-23(30)24(31)27-20-7-5-19(25)6-8-20/h4-9,15,22H,2-3,10-14,16H2,1H3,(H,26,30)(H,27,31)/t22-/m1/s1. The number of nitrogens with zero attached hydrogens (tertiary/aromatic N) is 2. The number of ether oxygens (including phenoxy) is 1. The third-order valence-electron chi connectivity index (χ3n) is 6.09. The molecule has 0 aromatic heterocycles. The summed E-state index contributed by atoms with van der Waals surface area (Å²) >= 11 is 0. The number of amides is 2. The summed E-state index contributed by atoms with van der Waals surface area (Å²) in [6.07, 6.45) is 2.16. The quantitative estimate of drug-likeness (QED) is 0.699. The summed E-state index contributed by atoms with van der Waals surface area (Å²) in [4.78, 5) is 29.3. The molecule has 2 aromatic carbocycles. The van der Waals surface area contributed by atoms with Gasteiger partial charge in [-0.2, -0.15) is 0 Å². The molecule has 0 bridgehead atoms. The summed E-state index contributed by atoms with van der Waals surface area (Å²) in [5, 5.41) is 5.28. The Labute approximate surface area is 187 Å². The van der Waals surface area contributed by atoms with E-state index in [2.05, 4.69) is 45.7 Å². The van der Waals surface area contributed by atoms with Crippen LogP contribution in [-0.2, 0) is 20.7 Å². The van der Waals surface area contributed by atoms with E-state index in [1.54, 1.807) is 0 Å². The lowest BCUT2D eigenvalue weighted by atomic mass is 9.95. The third-order valence-corrected chi connectivity index (χ3v) is 6.09. The SMILES string of the molecule is CN1CCCc2cc([C@@H](CNC(=O)C(=O)Nc3ccc(F)cc3)N3CCOCC3)ccc21. The number of carbonyl (C=O) groups excluding carboxylic acids is 2. The van der Waals surface area contributed by atoms with Gasteiger partial charge in [0.05, 0.1) is 19.3 Å². The highest BCUT2D eigenvalue weighted by Gasteiger charge is 2.26. The van der Waals surface area contributed by atoms with Crippen LogP contribution in [0.15, 0.2) is 42.5 Å². The molecular formula is C24H29FN4O3. The lowest BCUT2D eigenvalue weighted by Gasteiger charge is -2.36. The molecule has 0 spiro atoms. The molecule has 0 saturated carbocycles. The molecule has 0 radical (unpaired) electrons. The number of morpholine rings is 1. The van der Waals surface area contributed by atoms with Crippen molar-refractivity contribution in [3.05, 3.63) is 59.4 Å². The summed E-state index contributed by atoms with van der Waals surface area (Å²) in [5.74, 6) is -1.90. The van der Waals surface area contributed by atoms with E-state index < -0.39 is 17.6 Å². The maximum absolute atomic E-state index is 13.0. The molecule has 2 aliphatic heterocycles. The van der Waals surface area contributed by atoms with Gasteiger partial charge >= 0.3 is 11.8 Å². The van der Waals surface area contributed by atoms with Crippen molar-refractivity contribution >= 4 is 23.2 Å². The maximum Gasteiger partial charge on any atom is 0.313 e. The van der Waals surface area contributed by atoms with E-state index >= 15 is 0 Å². The molecule has 7 nitrogen and oxygen atoms in total. The van der Waals surface area contributed by atoms with Crippen molar-refractivity contribution in [2.75, 3.05) is 56.7 Å². The van der Waals surface area contributed by atoms with Crippen LogP contribution in [0.2, 0.25) is 0 Å². The van der Waals surface area contributed by atoms with Gasteiger partial charge in [-0.05, 0) is 54.3 Å². The van der Waals surface area contributed by atoms with E-state index in [0.29, 0.717) is 25.4 Å². The Morgan fingerprint density at radius 2 is 1.81 bits per heavy atom. The molecule has 170 valence electrons. The van der Waals surface area contributed by atoms with Crippen molar-refractivity contribution in [2.24, 2.45) is 0 Å².